The highest BCUT2D eigenvalue weighted by atomic mass is 19.3. The number of allylic oxidation sites excluding steroid dienone is 2. The molecule has 38 heavy (non-hydrogen) atoms. The van der Waals surface area contributed by atoms with Crippen LogP contribution in [0.4, 0.5) is 14.5 Å². The van der Waals surface area contributed by atoms with Gasteiger partial charge in [0.25, 0.3) is 17.9 Å². The number of fused-ring (bicyclic) bond motifs is 2. The summed E-state index contributed by atoms with van der Waals surface area (Å²) in [4.78, 5) is 33.1. The molecule has 4 rings (SSSR count). The van der Waals surface area contributed by atoms with Crippen LogP contribution in [-0.2, 0) is 19.4 Å². The van der Waals surface area contributed by atoms with Gasteiger partial charge in [0.15, 0.2) is 0 Å². The van der Waals surface area contributed by atoms with Gasteiger partial charge in [-0.3, -0.25) is 14.5 Å². The molecule has 2 heterocycles. The molecule has 0 spiro atoms. The summed E-state index contributed by atoms with van der Waals surface area (Å²) in [5, 5.41) is 3.00. The Morgan fingerprint density at radius 1 is 1.05 bits per heavy atom. The number of halogens is 2. The van der Waals surface area contributed by atoms with Crippen LogP contribution in [0.1, 0.15) is 71.8 Å². The van der Waals surface area contributed by atoms with E-state index in [0.29, 0.717) is 23.6 Å². The summed E-state index contributed by atoms with van der Waals surface area (Å²) in [6, 6.07) is 8.35. The van der Waals surface area contributed by atoms with E-state index in [4.69, 9.17) is 0 Å². The maximum atomic E-state index is 13.4. The molecular formula is C30H40F2N4O2. The lowest BCUT2D eigenvalue weighted by atomic mass is 9.88. The molecule has 0 bridgehead atoms. The quantitative estimate of drug-likeness (QED) is 0.521. The second kappa shape index (κ2) is 12.7. The standard InChI is InChI=1S/C30H40F2N4O2/c1-4-36(23-15-13-22(14-16-23)35(3)19-28(31)32)27-12-8-11-25-24(27)10-7-5-6-9-21-17-20(2)34-30(38)26(21)18-33-29(25)37/h5,7-8,11-12,17,22-23,28H,4,6,9-10,13-16,18-19H2,1-3H3,(H,33,37)(H,34,38)/b7-5+. The molecule has 1 aromatic carbocycles. The van der Waals surface area contributed by atoms with E-state index in [2.05, 4.69) is 40.3 Å². The molecule has 1 saturated carbocycles. The van der Waals surface area contributed by atoms with E-state index in [0.717, 1.165) is 67.6 Å². The Bertz CT molecular complexity index is 1200. The molecule has 1 amide bonds. The molecule has 1 aromatic heterocycles. The minimum absolute atomic E-state index is 0.151. The summed E-state index contributed by atoms with van der Waals surface area (Å²) >= 11 is 0. The zero-order chi connectivity index (χ0) is 27.2. The van der Waals surface area contributed by atoms with Gasteiger partial charge >= 0.3 is 0 Å². The molecule has 2 aliphatic rings. The van der Waals surface area contributed by atoms with E-state index >= 15 is 0 Å². The molecule has 1 aliphatic heterocycles. The van der Waals surface area contributed by atoms with Crippen molar-refractivity contribution in [3.05, 3.63) is 74.7 Å². The van der Waals surface area contributed by atoms with Gasteiger partial charge in [0.05, 0.1) is 6.54 Å². The van der Waals surface area contributed by atoms with Crippen LogP contribution in [0.15, 0.2) is 41.2 Å². The zero-order valence-electron chi connectivity index (χ0n) is 22.7. The Balaban J connectivity index is 1.58. The van der Waals surface area contributed by atoms with Gasteiger partial charge in [0.1, 0.15) is 0 Å². The minimum atomic E-state index is -2.31. The Hall–Kier alpha value is -3.00. The highest BCUT2D eigenvalue weighted by Crippen LogP contribution is 2.33. The second-order valence-electron chi connectivity index (χ2n) is 10.6. The molecule has 0 radical (unpaired) electrons. The highest BCUT2D eigenvalue weighted by Gasteiger charge is 2.30. The first kappa shape index (κ1) is 28.0. The molecule has 1 fully saturated rings. The summed E-state index contributed by atoms with van der Waals surface area (Å²) in [5.74, 6) is -0.185. The topological polar surface area (TPSA) is 68.4 Å². The number of carbonyl (C=O) groups is 1. The first-order chi connectivity index (χ1) is 18.3. The smallest absolute Gasteiger partial charge is 0.253 e. The van der Waals surface area contributed by atoms with Crippen LogP contribution in [0.25, 0.3) is 0 Å². The molecule has 0 unspecified atom stereocenters. The Kier molecular flexibility index (Phi) is 9.36. The minimum Gasteiger partial charge on any atom is -0.369 e. The van der Waals surface area contributed by atoms with Crippen molar-refractivity contribution in [3.63, 3.8) is 0 Å². The number of nitrogens with zero attached hydrogens (tertiary/aromatic N) is 2. The van der Waals surface area contributed by atoms with E-state index in [1.54, 1.807) is 11.9 Å². The lowest BCUT2D eigenvalue weighted by molar-refractivity contribution is 0.0688. The van der Waals surface area contributed by atoms with Crippen LogP contribution in [0.3, 0.4) is 0 Å². The number of anilines is 1. The number of rotatable bonds is 6. The summed E-state index contributed by atoms with van der Waals surface area (Å²) in [6.45, 7) is 4.80. The summed E-state index contributed by atoms with van der Waals surface area (Å²) in [5.41, 5.74) is 4.92. The first-order valence-electron chi connectivity index (χ1n) is 13.8. The molecular weight excluding hydrogens is 486 g/mol. The van der Waals surface area contributed by atoms with Crippen LogP contribution in [0, 0.1) is 6.92 Å². The number of carbonyl (C=O) groups excluding carboxylic acids is 1. The van der Waals surface area contributed by atoms with E-state index in [-0.39, 0.29) is 30.6 Å². The highest BCUT2D eigenvalue weighted by molar-refractivity contribution is 5.97. The number of aromatic nitrogens is 1. The number of benzene rings is 1. The lowest BCUT2D eigenvalue weighted by Gasteiger charge is -2.41. The molecule has 8 heteroatoms. The van der Waals surface area contributed by atoms with Crippen molar-refractivity contribution >= 4 is 11.6 Å². The Morgan fingerprint density at radius 2 is 1.79 bits per heavy atom. The molecule has 0 atom stereocenters. The van der Waals surface area contributed by atoms with Gasteiger partial charge in [-0.2, -0.15) is 0 Å². The number of hydrogen-bond donors (Lipinski definition) is 2. The van der Waals surface area contributed by atoms with Crippen molar-refractivity contribution in [2.45, 2.75) is 83.8 Å². The zero-order valence-corrected chi connectivity index (χ0v) is 22.7. The number of amides is 1. The van der Waals surface area contributed by atoms with Crippen LogP contribution < -0.4 is 15.8 Å². The lowest BCUT2D eigenvalue weighted by Crippen LogP contribution is -2.44. The van der Waals surface area contributed by atoms with Crippen molar-refractivity contribution in [2.24, 2.45) is 0 Å². The Labute approximate surface area is 224 Å². The largest absolute Gasteiger partial charge is 0.369 e. The SMILES string of the molecule is CCN(c1cccc2c1C/C=C/CCc1cc(C)[nH]c(=O)c1CNC2=O)C1CCC(N(C)CC(F)F)CC1. The average Bonchev–Trinajstić information content (AvgIpc) is 2.88. The molecule has 206 valence electrons. The van der Waals surface area contributed by atoms with Gasteiger partial charge in [-0.25, -0.2) is 8.78 Å². The number of nitrogens with one attached hydrogen (secondary N) is 2. The maximum Gasteiger partial charge on any atom is 0.253 e. The van der Waals surface area contributed by atoms with E-state index in [1.165, 1.54) is 0 Å². The Morgan fingerprint density at radius 3 is 2.50 bits per heavy atom. The van der Waals surface area contributed by atoms with Crippen LogP contribution >= 0.6 is 0 Å². The summed E-state index contributed by atoms with van der Waals surface area (Å²) in [6.07, 6.45) is 7.77. The van der Waals surface area contributed by atoms with Crippen LogP contribution in [0.2, 0.25) is 0 Å². The average molecular weight is 527 g/mol. The number of aryl methyl sites for hydroxylation is 2. The number of alkyl halides is 2. The summed E-state index contributed by atoms with van der Waals surface area (Å²) in [7, 11) is 1.80. The van der Waals surface area contributed by atoms with Gasteiger partial charge in [0.2, 0.25) is 0 Å². The number of aromatic amines is 1. The number of H-pyrrole nitrogens is 1. The number of pyridine rings is 1. The number of hydrogen-bond acceptors (Lipinski definition) is 4. The molecule has 2 N–H and O–H groups in total. The van der Waals surface area contributed by atoms with Crippen molar-refractivity contribution < 1.29 is 13.6 Å². The molecule has 1 aliphatic carbocycles. The molecule has 2 aromatic rings. The van der Waals surface area contributed by atoms with E-state index in [1.807, 2.05) is 25.1 Å². The van der Waals surface area contributed by atoms with Gasteiger partial charge in [-0.15, -0.1) is 0 Å². The fraction of sp³-hybridized carbons (Fsp3) is 0.533. The van der Waals surface area contributed by atoms with Crippen molar-refractivity contribution in [3.8, 4) is 0 Å². The van der Waals surface area contributed by atoms with E-state index in [9.17, 15) is 18.4 Å². The monoisotopic (exact) mass is 526 g/mol. The van der Waals surface area contributed by atoms with E-state index < -0.39 is 6.43 Å². The van der Waals surface area contributed by atoms with Gasteiger partial charge < -0.3 is 15.2 Å². The second-order valence-corrected chi connectivity index (χ2v) is 10.6. The first-order valence-corrected chi connectivity index (χ1v) is 13.8. The van der Waals surface area contributed by atoms with Gasteiger partial charge in [-0.1, -0.05) is 18.2 Å². The third kappa shape index (κ3) is 6.52. The van der Waals surface area contributed by atoms with Crippen LogP contribution in [0.5, 0.6) is 0 Å². The molecule has 0 saturated heterocycles. The molecule has 6 nitrogen and oxygen atoms in total. The van der Waals surface area contributed by atoms with Crippen molar-refractivity contribution in [1.29, 1.82) is 0 Å². The predicted octanol–water partition coefficient (Wildman–Crippen LogP) is 4.99. The third-order valence-corrected chi connectivity index (χ3v) is 8.06. The fourth-order valence-electron chi connectivity index (χ4n) is 6.10. The maximum absolute atomic E-state index is 13.4. The summed E-state index contributed by atoms with van der Waals surface area (Å²) < 4.78 is 25.8. The van der Waals surface area contributed by atoms with Crippen molar-refractivity contribution in [1.82, 2.24) is 15.2 Å². The van der Waals surface area contributed by atoms with Crippen molar-refractivity contribution in [2.75, 3.05) is 25.0 Å². The van der Waals surface area contributed by atoms with Crippen LogP contribution in [-0.4, -0.2) is 54.4 Å². The van der Waals surface area contributed by atoms with Gasteiger partial charge in [-0.05, 0) is 95.2 Å². The predicted molar refractivity (Wildman–Crippen MR) is 148 cm³/mol. The fourth-order valence-corrected chi connectivity index (χ4v) is 6.10. The van der Waals surface area contributed by atoms with Gasteiger partial charge in [0, 0.05) is 47.7 Å². The normalized spacial score (nSPS) is 21.2. The third-order valence-electron chi connectivity index (χ3n) is 8.06.